The Morgan fingerprint density at radius 1 is 1.29 bits per heavy atom. The maximum absolute atomic E-state index is 5.77. The molecule has 1 aromatic carbocycles. The van der Waals surface area contributed by atoms with Gasteiger partial charge in [-0.1, -0.05) is 24.3 Å². The van der Waals surface area contributed by atoms with Crippen LogP contribution in [-0.4, -0.2) is 23.9 Å². The highest BCUT2D eigenvalue weighted by atomic mass is 16.5. The average Bonchev–Trinajstić information content (AvgIpc) is 2.77. The summed E-state index contributed by atoms with van der Waals surface area (Å²) in [6.45, 7) is 0.802. The Kier molecular flexibility index (Phi) is 3.77. The van der Waals surface area contributed by atoms with Gasteiger partial charge in [0.05, 0.1) is 6.20 Å². The van der Waals surface area contributed by atoms with Gasteiger partial charge in [-0.2, -0.15) is 5.10 Å². The molecule has 2 rings (SSSR count). The second kappa shape index (κ2) is 5.50. The molecule has 1 aromatic heterocycles. The molecule has 0 amide bonds. The molecule has 0 radical (unpaired) electrons. The third-order valence-corrected chi connectivity index (χ3v) is 2.75. The lowest BCUT2D eigenvalue weighted by atomic mass is 10.0. The monoisotopic (exact) mass is 231 g/mol. The third-order valence-electron chi connectivity index (χ3n) is 2.75. The number of nitrogens with zero attached hydrogens (tertiary/aromatic N) is 1. The van der Waals surface area contributed by atoms with Crippen molar-refractivity contribution in [2.75, 3.05) is 19.5 Å². The number of nitrogens with one attached hydrogen (secondary N) is 1. The predicted molar refractivity (Wildman–Crippen MR) is 68.6 cm³/mol. The van der Waals surface area contributed by atoms with Crippen LogP contribution < -0.4 is 5.73 Å². The number of ether oxygens (including phenoxy) is 1. The van der Waals surface area contributed by atoms with Crippen molar-refractivity contribution in [2.45, 2.75) is 12.8 Å². The van der Waals surface area contributed by atoms with Crippen LogP contribution in [0.4, 0.5) is 5.82 Å². The Morgan fingerprint density at radius 2 is 2.06 bits per heavy atom. The van der Waals surface area contributed by atoms with Crippen molar-refractivity contribution in [3.05, 3.63) is 36.0 Å². The zero-order valence-electron chi connectivity index (χ0n) is 9.94. The first kappa shape index (κ1) is 11.7. The van der Waals surface area contributed by atoms with Crippen LogP contribution in [0, 0.1) is 0 Å². The van der Waals surface area contributed by atoms with E-state index >= 15 is 0 Å². The summed E-state index contributed by atoms with van der Waals surface area (Å²) in [5.74, 6) is 0.608. The second-order valence-electron chi connectivity index (χ2n) is 3.99. The van der Waals surface area contributed by atoms with E-state index in [0.717, 1.165) is 30.6 Å². The fourth-order valence-electron chi connectivity index (χ4n) is 1.80. The summed E-state index contributed by atoms with van der Waals surface area (Å²) < 4.78 is 5.03. The van der Waals surface area contributed by atoms with Crippen LogP contribution in [0.25, 0.3) is 11.1 Å². The minimum absolute atomic E-state index is 0.608. The zero-order chi connectivity index (χ0) is 12.1. The van der Waals surface area contributed by atoms with Gasteiger partial charge in [-0.05, 0) is 24.0 Å². The molecular formula is C13H17N3O. The van der Waals surface area contributed by atoms with E-state index < -0.39 is 0 Å². The van der Waals surface area contributed by atoms with Crippen LogP contribution in [0.1, 0.15) is 12.0 Å². The summed E-state index contributed by atoms with van der Waals surface area (Å²) in [7, 11) is 1.73. The molecule has 4 heteroatoms. The van der Waals surface area contributed by atoms with E-state index in [1.165, 1.54) is 5.56 Å². The Hall–Kier alpha value is -1.81. The summed E-state index contributed by atoms with van der Waals surface area (Å²) in [5.41, 5.74) is 9.13. The number of H-pyrrole nitrogens is 1. The van der Waals surface area contributed by atoms with Crippen molar-refractivity contribution in [3.8, 4) is 11.1 Å². The SMILES string of the molecule is COCCCc1ccc(-c2cn[nH]c2N)cc1. The standard InChI is InChI=1S/C13H17N3O/c1-17-8-2-3-10-4-6-11(7-5-10)12-9-15-16-13(12)14/h4-7,9H,2-3,8H2,1H3,(H3,14,15,16). The molecule has 3 N–H and O–H groups in total. The minimum Gasteiger partial charge on any atom is -0.385 e. The fraction of sp³-hybridized carbons (Fsp3) is 0.308. The fourth-order valence-corrected chi connectivity index (χ4v) is 1.80. The van der Waals surface area contributed by atoms with Gasteiger partial charge in [0, 0.05) is 19.3 Å². The number of nitrogen functional groups attached to an aromatic ring is 1. The Bertz CT molecular complexity index is 462. The molecule has 17 heavy (non-hydrogen) atoms. The molecule has 0 atom stereocenters. The van der Waals surface area contributed by atoms with Gasteiger partial charge < -0.3 is 10.5 Å². The van der Waals surface area contributed by atoms with Gasteiger partial charge in [0.15, 0.2) is 0 Å². The van der Waals surface area contributed by atoms with Crippen molar-refractivity contribution in [1.29, 1.82) is 0 Å². The van der Waals surface area contributed by atoms with Crippen molar-refractivity contribution in [3.63, 3.8) is 0 Å². The Balaban J connectivity index is 2.06. The van der Waals surface area contributed by atoms with Crippen LogP contribution in [0.5, 0.6) is 0 Å². The molecule has 4 nitrogen and oxygen atoms in total. The number of aromatic amines is 1. The molecule has 0 saturated heterocycles. The first-order valence-corrected chi connectivity index (χ1v) is 5.68. The van der Waals surface area contributed by atoms with Gasteiger partial charge in [-0.3, -0.25) is 5.10 Å². The summed E-state index contributed by atoms with van der Waals surface area (Å²) in [5, 5.41) is 6.65. The average molecular weight is 231 g/mol. The summed E-state index contributed by atoms with van der Waals surface area (Å²) in [4.78, 5) is 0. The number of anilines is 1. The van der Waals surface area contributed by atoms with Crippen molar-refractivity contribution in [1.82, 2.24) is 10.2 Å². The lowest BCUT2D eigenvalue weighted by Crippen LogP contribution is -1.92. The van der Waals surface area contributed by atoms with Crippen LogP contribution in [-0.2, 0) is 11.2 Å². The molecule has 90 valence electrons. The predicted octanol–water partition coefficient (Wildman–Crippen LogP) is 2.24. The molecule has 0 bridgehead atoms. The maximum Gasteiger partial charge on any atom is 0.126 e. The number of aromatic nitrogens is 2. The molecule has 0 saturated carbocycles. The van der Waals surface area contributed by atoms with Gasteiger partial charge in [-0.25, -0.2) is 0 Å². The quantitative estimate of drug-likeness (QED) is 0.776. The first-order valence-electron chi connectivity index (χ1n) is 5.68. The first-order chi connectivity index (χ1) is 8.31. The molecular weight excluding hydrogens is 214 g/mol. The van der Waals surface area contributed by atoms with Crippen LogP contribution >= 0.6 is 0 Å². The highest BCUT2D eigenvalue weighted by Gasteiger charge is 2.03. The van der Waals surface area contributed by atoms with E-state index in [9.17, 15) is 0 Å². The van der Waals surface area contributed by atoms with E-state index in [0.29, 0.717) is 5.82 Å². The van der Waals surface area contributed by atoms with Crippen LogP contribution in [0.2, 0.25) is 0 Å². The molecule has 0 fully saturated rings. The number of methoxy groups -OCH3 is 1. The lowest BCUT2D eigenvalue weighted by Gasteiger charge is -2.03. The smallest absolute Gasteiger partial charge is 0.126 e. The highest BCUT2D eigenvalue weighted by molar-refractivity contribution is 5.72. The van der Waals surface area contributed by atoms with E-state index in [2.05, 4.69) is 34.5 Å². The number of rotatable bonds is 5. The zero-order valence-corrected chi connectivity index (χ0v) is 9.94. The molecule has 0 unspecified atom stereocenters. The van der Waals surface area contributed by atoms with Crippen LogP contribution in [0.15, 0.2) is 30.5 Å². The van der Waals surface area contributed by atoms with E-state index in [-0.39, 0.29) is 0 Å². The number of aryl methyl sites for hydroxylation is 1. The molecule has 1 heterocycles. The number of benzene rings is 1. The van der Waals surface area contributed by atoms with Crippen molar-refractivity contribution >= 4 is 5.82 Å². The Labute approximate surface area is 101 Å². The number of nitrogens with two attached hydrogens (primary N) is 1. The third kappa shape index (κ3) is 2.85. The Morgan fingerprint density at radius 3 is 2.65 bits per heavy atom. The molecule has 2 aromatic rings. The highest BCUT2D eigenvalue weighted by Crippen LogP contribution is 2.23. The van der Waals surface area contributed by atoms with Crippen molar-refractivity contribution in [2.24, 2.45) is 0 Å². The lowest BCUT2D eigenvalue weighted by molar-refractivity contribution is 0.195. The van der Waals surface area contributed by atoms with E-state index in [4.69, 9.17) is 10.5 Å². The van der Waals surface area contributed by atoms with Gasteiger partial charge >= 0.3 is 0 Å². The largest absolute Gasteiger partial charge is 0.385 e. The molecule has 0 aliphatic heterocycles. The van der Waals surface area contributed by atoms with E-state index in [1.54, 1.807) is 13.3 Å². The second-order valence-corrected chi connectivity index (χ2v) is 3.99. The van der Waals surface area contributed by atoms with Gasteiger partial charge in [0.2, 0.25) is 0 Å². The van der Waals surface area contributed by atoms with Gasteiger partial charge in [0.25, 0.3) is 0 Å². The normalized spacial score (nSPS) is 10.6. The summed E-state index contributed by atoms with van der Waals surface area (Å²) in [6, 6.07) is 8.39. The topological polar surface area (TPSA) is 63.9 Å². The minimum atomic E-state index is 0.608. The van der Waals surface area contributed by atoms with Crippen molar-refractivity contribution < 1.29 is 4.74 Å². The summed E-state index contributed by atoms with van der Waals surface area (Å²) >= 11 is 0. The molecule has 0 aliphatic carbocycles. The van der Waals surface area contributed by atoms with Gasteiger partial charge in [0.1, 0.15) is 5.82 Å². The number of hydrogen-bond acceptors (Lipinski definition) is 3. The molecule has 0 spiro atoms. The molecule has 0 aliphatic rings. The van der Waals surface area contributed by atoms with Crippen LogP contribution in [0.3, 0.4) is 0 Å². The number of hydrogen-bond donors (Lipinski definition) is 2. The van der Waals surface area contributed by atoms with E-state index in [1.807, 2.05) is 0 Å². The van der Waals surface area contributed by atoms with Gasteiger partial charge in [-0.15, -0.1) is 0 Å². The summed E-state index contributed by atoms with van der Waals surface area (Å²) in [6.07, 6.45) is 3.83. The maximum atomic E-state index is 5.77.